The SMILES string of the molecule is C=CC(=O)N1CCN(c2c(C#N)c(=O)n(-c3c(C)ccnc3C(C)C)c3nc(-c4c(O)c(F)c(F)c(Cl)c4F)c(Cl)cc23)CC1.C=CC(=O)N1CCN(c2c(C#N)c(=O)n(-c3c(C)ccnc3C(C)C)c3nc(-c4c(O)c(F)c(F)c(Cl)c4F)c(Cl)cc23)CC1.C=CC(=O)N1CCN(c2c(C#N)c(=O)n(-c3c(C)ccnc3C(C)C)c3nc(-c4c(O)c(F)c(F)c(F)c4Cl)c(Cl)cc23)CC1. The Morgan fingerprint density at radius 3 is 0.874 bits per heavy atom. The van der Waals surface area contributed by atoms with Crippen LogP contribution in [0.4, 0.5) is 56.6 Å². The Bertz CT molecular complexity index is 6650. The van der Waals surface area contributed by atoms with Gasteiger partial charge < -0.3 is 44.7 Å². The van der Waals surface area contributed by atoms with Crippen LogP contribution in [0.5, 0.6) is 17.2 Å². The molecule has 12 heterocycles. The van der Waals surface area contributed by atoms with Crippen molar-refractivity contribution in [2.75, 3.05) is 93.2 Å². The van der Waals surface area contributed by atoms with Crippen molar-refractivity contribution in [3.05, 3.63) is 257 Å². The smallest absolute Gasteiger partial charge is 0.276 e. The highest BCUT2D eigenvalue weighted by molar-refractivity contribution is 6.38. The second kappa shape index (κ2) is 39.4. The number of phenols is 3. The average Bonchev–Trinajstić information content (AvgIpc) is 0.728. The fourth-order valence-corrected chi connectivity index (χ4v) is 17.8. The van der Waals surface area contributed by atoms with Gasteiger partial charge in [-0.1, -0.05) is 131 Å². The third-order valence-electron chi connectivity index (χ3n) is 23.0. The molecule has 0 aliphatic carbocycles. The Kier molecular flexibility index (Phi) is 28.8. The van der Waals surface area contributed by atoms with Crippen LogP contribution in [0.2, 0.25) is 30.1 Å². The highest BCUT2D eigenvalue weighted by Crippen LogP contribution is 2.50. The Morgan fingerprint density at radius 2 is 0.622 bits per heavy atom. The number of amides is 3. The summed E-state index contributed by atoms with van der Waals surface area (Å²) in [7, 11) is 0. The molecule has 0 atom stereocenters. The lowest BCUT2D eigenvalue weighted by molar-refractivity contribution is -0.127. The fraction of sp³-hybridized carbons (Fsp3) is 0.258. The maximum atomic E-state index is 15.4. The number of hydrogen-bond acceptors (Lipinski definition) is 21. The third kappa shape index (κ3) is 17.5. The molecule has 9 aromatic heterocycles. The summed E-state index contributed by atoms with van der Waals surface area (Å²) in [5, 5.41) is 58.8. The topological polar surface area (TPSA) is 346 Å². The molecule has 15 rings (SSSR count). The van der Waals surface area contributed by atoms with E-state index < -0.39 is 135 Å². The van der Waals surface area contributed by atoms with Crippen molar-refractivity contribution in [2.24, 2.45) is 0 Å². The number of pyridine rings is 9. The van der Waals surface area contributed by atoms with Gasteiger partial charge in [0, 0.05) is 113 Å². The fourth-order valence-electron chi connectivity index (χ4n) is 16.4. The van der Waals surface area contributed by atoms with Gasteiger partial charge in [0.2, 0.25) is 35.2 Å². The molecule has 0 bridgehead atoms. The Labute approximate surface area is 792 Å². The van der Waals surface area contributed by atoms with E-state index in [0.717, 1.165) is 9.13 Å². The Hall–Kier alpha value is -13.8. The van der Waals surface area contributed by atoms with Gasteiger partial charge in [-0.25, -0.2) is 41.3 Å². The van der Waals surface area contributed by atoms with Gasteiger partial charge in [0.1, 0.15) is 61.9 Å². The van der Waals surface area contributed by atoms with Gasteiger partial charge in [0.05, 0.1) is 105 Å². The van der Waals surface area contributed by atoms with E-state index in [0.29, 0.717) is 50.8 Å². The number of phenolic OH excluding ortho intramolecular Hbond substituents is 3. The number of halogens is 15. The second-order valence-electron chi connectivity index (χ2n) is 32.0. The number of aromatic hydroxyl groups is 3. The van der Waals surface area contributed by atoms with Crippen LogP contribution in [0.1, 0.15) is 110 Å². The number of aryl methyl sites for hydroxylation is 3. The van der Waals surface area contributed by atoms with Crippen LogP contribution in [0, 0.1) is 107 Å². The number of fused-ring (bicyclic) bond motifs is 3. The number of nitriles is 3. The van der Waals surface area contributed by atoms with Crippen LogP contribution in [0.25, 0.3) is 83.9 Å². The predicted octanol–water partition coefficient (Wildman–Crippen LogP) is 18.0. The molecule has 0 unspecified atom stereocenters. The zero-order valence-corrected chi connectivity index (χ0v) is 77.3. The van der Waals surface area contributed by atoms with Crippen molar-refractivity contribution in [2.45, 2.75) is 80.1 Å². The van der Waals surface area contributed by atoms with Crippen molar-refractivity contribution in [3.8, 4) is 86.3 Å². The first-order valence-corrected chi connectivity index (χ1v) is 43.4. The molecule has 696 valence electrons. The van der Waals surface area contributed by atoms with Gasteiger partial charge in [-0.05, 0) is 110 Å². The van der Waals surface area contributed by atoms with Crippen molar-refractivity contribution in [1.82, 2.24) is 58.3 Å². The normalized spacial score (nSPS) is 13.4. The molecule has 12 aromatic rings. The minimum atomic E-state index is -1.99. The lowest BCUT2D eigenvalue weighted by Crippen LogP contribution is -2.49. The van der Waals surface area contributed by atoms with Gasteiger partial charge in [-0.3, -0.25) is 57.4 Å². The number of carbonyl (C=O) groups excluding carboxylic acids is 3. The Balaban J connectivity index is 0.000000171. The minimum Gasteiger partial charge on any atom is -0.504 e. The number of carbonyl (C=O) groups is 3. The summed E-state index contributed by atoms with van der Waals surface area (Å²) >= 11 is 37.3. The van der Waals surface area contributed by atoms with E-state index in [-0.39, 0.29) is 196 Å². The van der Waals surface area contributed by atoms with E-state index in [1.807, 2.05) is 59.8 Å². The van der Waals surface area contributed by atoms with Crippen molar-refractivity contribution < 1.29 is 69.2 Å². The highest BCUT2D eigenvalue weighted by atomic mass is 35.5. The number of aromatic nitrogens is 9. The first-order chi connectivity index (χ1) is 64.0. The van der Waals surface area contributed by atoms with Crippen LogP contribution in [-0.2, 0) is 14.4 Å². The average molecular weight is 1970 g/mol. The predicted molar refractivity (Wildman–Crippen MR) is 494 cm³/mol. The van der Waals surface area contributed by atoms with Crippen LogP contribution >= 0.6 is 69.6 Å². The van der Waals surface area contributed by atoms with Gasteiger partial charge in [-0.15, -0.1) is 0 Å². The van der Waals surface area contributed by atoms with E-state index in [4.69, 9.17) is 69.6 Å². The van der Waals surface area contributed by atoms with Crippen molar-refractivity contribution in [3.63, 3.8) is 0 Å². The van der Waals surface area contributed by atoms with Crippen LogP contribution in [0.3, 0.4) is 0 Å². The molecule has 0 saturated carbocycles. The second-order valence-corrected chi connectivity index (χ2v) is 34.4. The highest BCUT2D eigenvalue weighted by Gasteiger charge is 2.39. The molecule has 3 aromatic carbocycles. The number of anilines is 3. The maximum absolute atomic E-state index is 15.4. The summed E-state index contributed by atoms with van der Waals surface area (Å²) in [4.78, 5) is 116. The van der Waals surface area contributed by atoms with Crippen LogP contribution in [-0.4, -0.2) is 170 Å². The summed E-state index contributed by atoms with van der Waals surface area (Å²) < 4.78 is 135. The molecule has 27 nitrogen and oxygen atoms in total. The summed E-state index contributed by atoms with van der Waals surface area (Å²) in [6.07, 6.45) is 8.29. The van der Waals surface area contributed by atoms with E-state index in [2.05, 4.69) is 49.6 Å². The zero-order chi connectivity index (χ0) is 98.7. The number of hydrogen-bond donors (Lipinski definition) is 3. The van der Waals surface area contributed by atoms with Gasteiger partial charge in [-0.2, -0.15) is 29.0 Å². The molecule has 3 amide bonds. The van der Waals surface area contributed by atoms with Gasteiger partial charge in [0.25, 0.3) is 16.7 Å². The van der Waals surface area contributed by atoms with E-state index in [1.54, 1.807) is 87.0 Å². The van der Waals surface area contributed by atoms with E-state index in [1.165, 1.54) is 41.0 Å². The molecule has 3 aliphatic heterocycles. The molecule has 42 heteroatoms. The standard InChI is InChI=1S/3C31H25Cl2F3N6O3/c2*1-5-19(43)40-8-10-41(11-9-40)28-16-12-18(32)26(20-22(34)21(33)23(35)24(36)29(20)44)39-30(16)42(31(45)17(28)13-37)27-15(4)6-7-38-25(27)14(2)3;1-5-19(43)40-8-10-41(11-9-40)28-16-12-18(32)26(20-21(33)22(34)23(35)24(36)29(20)44)39-30(16)42(31(45)17(28)13-37)27-15(4)6-7-38-25(27)14(2)3/h3*5-7,12,14,44H,1,8-11H2,2-4H3. The lowest BCUT2D eigenvalue weighted by Gasteiger charge is -2.36. The van der Waals surface area contributed by atoms with Crippen LogP contribution in [0.15, 0.2) is 107 Å². The van der Waals surface area contributed by atoms with E-state index >= 15 is 8.78 Å². The molecule has 0 radical (unpaired) electrons. The summed E-state index contributed by atoms with van der Waals surface area (Å²) in [5.74, 6) is -21.5. The molecular weight excluding hydrogens is 1900 g/mol. The minimum absolute atomic E-state index is 0.100. The number of benzene rings is 3. The maximum Gasteiger partial charge on any atom is 0.276 e. The number of rotatable bonds is 15. The third-order valence-corrected chi connectivity index (χ3v) is 24.9. The van der Waals surface area contributed by atoms with E-state index in [9.17, 15) is 90.6 Å². The first-order valence-electron chi connectivity index (χ1n) is 41.1. The summed E-state index contributed by atoms with van der Waals surface area (Å²) in [6, 6.07) is 15.0. The molecule has 0 spiro atoms. The molecule has 135 heavy (non-hydrogen) atoms. The van der Waals surface area contributed by atoms with Gasteiger partial charge >= 0.3 is 0 Å². The van der Waals surface area contributed by atoms with Gasteiger partial charge in [0.15, 0.2) is 52.2 Å². The molecular formula is C93H75Cl6F9N18O9. The molecule has 3 aliphatic rings. The van der Waals surface area contributed by atoms with Crippen molar-refractivity contribution >= 4 is 137 Å². The Morgan fingerprint density at radius 1 is 0.378 bits per heavy atom. The number of piperazine rings is 3. The number of nitrogens with zero attached hydrogens (tertiary/aromatic N) is 18. The molecule has 3 saturated heterocycles. The molecule has 3 fully saturated rings. The lowest BCUT2D eigenvalue weighted by atomic mass is 10.0. The quantitative estimate of drug-likeness (QED) is 0.0371. The largest absolute Gasteiger partial charge is 0.504 e. The van der Waals surface area contributed by atoms with Crippen molar-refractivity contribution in [1.29, 1.82) is 15.8 Å². The summed E-state index contributed by atoms with van der Waals surface area (Å²) in [6.45, 7) is 29.8. The first kappa shape index (κ1) is 98.7. The monoisotopic (exact) mass is 1970 g/mol. The zero-order valence-electron chi connectivity index (χ0n) is 72.8. The molecule has 3 N–H and O–H groups in total. The van der Waals surface area contributed by atoms with Crippen LogP contribution < -0.4 is 31.4 Å². The summed E-state index contributed by atoms with van der Waals surface area (Å²) in [5.41, 5.74) is -2.81.